The lowest BCUT2D eigenvalue weighted by molar-refractivity contribution is -0.0114. The van der Waals surface area contributed by atoms with E-state index >= 15 is 0 Å². The minimum absolute atomic E-state index is 0.532. The third-order valence-electron chi connectivity index (χ3n) is 4.50. The Bertz CT molecular complexity index is 227. The smallest absolute Gasteiger partial charge is 0.0578 e. The minimum atomic E-state index is 0.532. The van der Waals surface area contributed by atoms with Crippen LogP contribution in [0.2, 0.25) is 0 Å². The molecule has 0 aliphatic heterocycles. The summed E-state index contributed by atoms with van der Waals surface area (Å²) in [6.07, 6.45) is 7.18. The van der Waals surface area contributed by atoms with Crippen molar-refractivity contribution in [2.24, 2.45) is 17.8 Å². The molecule has 100 valence electrons. The fraction of sp³-hybridized carbons (Fsp3) is 1.00. The third kappa shape index (κ3) is 4.59. The maximum absolute atomic E-state index is 6.08. The van der Waals surface area contributed by atoms with E-state index in [4.69, 9.17) is 4.74 Å². The predicted octanol–water partition coefficient (Wildman–Crippen LogP) is 3.22. The van der Waals surface area contributed by atoms with E-state index < -0.39 is 0 Å². The van der Waals surface area contributed by atoms with Gasteiger partial charge in [-0.3, -0.25) is 0 Å². The molecule has 2 heteroatoms. The molecule has 4 unspecified atom stereocenters. The molecule has 2 aliphatic rings. The zero-order chi connectivity index (χ0) is 12.3. The van der Waals surface area contributed by atoms with Gasteiger partial charge < -0.3 is 10.1 Å². The fourth-order valence-corrected chi connectivity index (χ4v) is 2.66. The summed E-state index contributed by atoms with van der Waals surface area (Å²) in [4.78, 5) is 0. The van der Waals surface area contributed by atoms with Crippen molar-refractivity contribution in [1.29, 1.82) is 0 Å². The standard InChI is InChI=1S/C15H29NO/c1-11(9-16-14-5-6-14)10-17-15-7-4-12(2)13(3)8-15/h11-16H,4-10H2,1-3H3. The lowest BCUT2D eigenvalue weighted by Gasteiger charge is -2.32. The summed E-state index contributed by atoms with van der Waals surface area (Å²) in [5.74, 6) is 2.39. The maximum Gasteiger partial charge on any atom is 0.0578 e. The van der Waals surface area contributed by atoms with Crippen LogP contribution in [0.15, 0.2) is 0 Å². The van der Waals surface area contributed by atoms with E-state index in [1.807, 2.05) is 0 Å². The molecule has 0 radical (unpaired) electrons. The van der Waals surface area contributed by atoms with E-state index in [1.54, 1.807) is 0 Å². The molecule has 0 heterocycles. The first kappa shape index (κ1) is 13.4. The van der Waals surface area contributed by atoms with Crippen LogP contribution in [0.4, 0.5) is 0 Å². The highest BCUT2D eigenvalue weighted by Crippen LogP contribution is 2.31. The van der Waals surface area contributed by atoms with Gasteiger partial charge in [0, 0.05) is 12.6 Å². The summed E-state index contributed by atoms with van der Waals surface area (Å²) < 4.78 is 6.08. The zero-order valence-electron chi connectivity index (χ0n) is 11.7. The molecule has 17 heavy (non-hydrogen) atoms. The number of rotatable bonds is 6. The van der Waals surface area contributed by atoms with E-state index in [-0.39, 0.29) is 0 Å². The van der Waals surface area contributed by atoms with E-state index in [0.717, 1.165) is 31.0 Å². The summed E-state index contributed by atoms with van der Waals surface area (Å²) in [6.45, 7) is 9.11. The molecule has 2 saturated carbocycles. The van der Waals surface area contributed by atoms with Crippen LogP contribution in [-0.4, -0.2) is 25.3 Å². The minimum Gasteiger partial charge on any atom is -0.378 e. The van der Waals surface area contributed by atoms with Gasteiger partial charge in [0.25, 0.3) is 0 Å². The first-order valence-corrected chi connectivity index (χ1v) is 7.50. The average Bonchev–Trinajstić information content (AvgIpc) is 3.12. The predicted molar refractivity (Wildman–Crippen MR) is 72.1 cm³/mol. The van der Waals surface area contributed by atoms with Crippen molar-refractivity contribution < 1.29 is 4.74 Å². The summed E-state index contributed by atoms with van der Waals surface area (Å²) in [5.41, 5.74) is 0. The van der Waals surface area contributed by atoms with Crippen LogP contribution in [0.5, 0.6) is 0 Å². The van der Waals surface area contributed by atoms with Gasteiger partial charge in [0.15, 0.2) is 0 Å². The van der Waals surface area contributed by atoms with Crippen LogP contribution >= 0.6 is 0 Å². The third-order valence-corrected chi connectivity index (χ3v) is 4.50. The monoisotopic (exact) mass is 239 g/mol. The van der Waals surface area contributed by atoms with E-state index in [9.17, 15) is 0 Å². The highest BCUT2D eigenvalue weighted by molar-refractivity contribution is 4.81. The highest BCUT2D eigenvalue weighted by atomic mass is 16.5. The molecule has 0 saturated heterocycles. The second kappa shape index (κ2) is 6.19. The normalized spacial score (nSPS) is 35.8. The molecule has 2 fully saturated rings. The molecular formula is C15H29NO. The number of ether oxygens (including phenoxy) is 1. The Balaban J connectivity index is 1.57. The Morgan fingerprint density at radius 3 is 2.53 bits per heavy atom. The Kier molecular flexibility index (Phi) is 4.87. The van der Waals surface area contributed by atoms with Gasteiger partial charge >= 0.3 is 0 Å². The molecule has 0 aromatic rings. The molecule has 0 aromatic carbocycles. The van der Waals surface area contributed by atoms with Crippen molar-refractivity contribution in [3.05, 3.63) is 0 Å². The van der Waals surface area contributed by atoms with Crippen LogP contribution in [-0.2, 0) is 4.74 Å². The van der Waals surface area contributed by atoms with Crippen molar-refractivity contribution in [3.8, 4) is 0 Å². The molecule has 0 spiro atoms. The lowest BCUT2D eigenvalue weighted by Crippen LogP contribution is -2.31. The molecule has 4 atom stereocenters. The van der Waals surface area contributed by atoms with Crippen molar-refractivity contribution in [1.82, 2.24) is 5.32 Å². The van der Waals surface area contributed by atoms with E-state index in [0.29, 0.717) is 12.0 Å². The lowest BCUT2D eigenvalue weighted by atomic mass is 9.80. The number of hydrogen-bond acceptors (Lipinski definition) is 2. The second-order valence-electron chi connectivity index (χ2n) is 6.51. The number of nitrogens with one attached hydrogen (secondary N) is 1. The van der Waals surface area contributed by atoms with Gasteiger partial charge in [0.2, 0.25) is 0 Å². The molecule has 2 aliphatic carbocycles. The second-order valence-corrected chi connectivity index (χ2v) is 6.51. The molecule has 2 nitrogen and oxygen atoms in total. The SMILES string of the molecule is CC(CNC1CC1)COC1CCC(C)C(C)C1. The van der Waals surface area contributed by atoms with Gasteiger partial charge in [-0.1, -0.05) is 20.8 Å². The van der Waals surface area contributed by atoms with Gasteiger partial charge in [-0.15, -0.1) is 0 Å². The van der Waals surface area contributed by atoms with Crippen LogP contribution in [0.1, 0.15) is 52.9 Å². The van der Waals surface area contributed by atoms with Crippen molar-refractivity contribution in [2.75, 3.05) is 13.2 Å². The van der Waals surface area contributed by atoms with E-state index in [2.05, 4.69) is 26.1 Å². The summed E-state index contributed by atoms with van der Waals surface area (Å²) in [6, 6.07) is 0.827. The summed E-state index contributed by atoms with van der Waals surface area (Å²) in [5, 5.41) is 3.58. The number of hydrogen-bond donors (Lipinski definition) is 1. The molecule has 0 amide bonds. The molecule has 0 aromatic heterocycles. The van der Waals surface area contributed by atoms with Crippen LogP contribution < -0.4 is 5.32 Å². The average molecular weight is 239 g/mol. The van der Waals surface area contributed by atoms with Crippen molar-refractivity contribution >= 4 is 0 Å². The summed E-state index contributed by atoms with van der Waals surface area (Å²) in [7, 11) is 0. The Hall–Kier alpha value is -0.0800. The van der Waals surface area contributed by atoms with Crippen molar-refractivity contribution in [2.45, 2.75) is 65.0 Å². The fourth-order valence-electron chi connectivity index (χ4n) is 2.66. The summed E-state index contributed by atoms with van der Waals surface area (Å²) >= 11 is 0. The highest BCUT2D eigenvalue weighted by Gasteiger charge is 2.25. The van der Waals surface area contributed by atoms with E-state index in [1.165, 1.54) is 32.1 Å². The van der Waals surface area contributed by atoms with Gasteiger partial charge in [-0.25, -0.2) is 0 Å². The quantitative estimate of drug-likeness (QED) is 0.768. The Labute approximate surface area is 107 Å². The van der Waals surface area contributed by atoms with Crippen molar-refractivity contribution in [3.63, 3.8) is 0 Å². The van der Waals surface area contributed by atoms with Crippen LogP contribution in [0.3, 0.4) is 0 Å². The maximum atomic E-state index is 6.08. The molecule has 2 rings (SSSR count). The molecule has 0 bridgehead atoms. The largest absolute Gasteiger partial charge is 0.378 e. The first-order valence-electron chi connectivity index (χ1n) is 7.50. The van der Waals surface area contributed by atoms with Crippen LogP contribution in [0, 0.1) is 17.8 Å². The topological polar surface area (TPSA) is 21.3 Å². The Morgan fingerprint density at radius 2 is 1.88 bits per heavy atom. The van der Waals surface area contributed by atoms with Crippen LogP contribution in [0.25, 0.3) is 0 Å². The Morgan fingerprint density at radius 1 is 1.12 bits per heavy atom. The first-order chi connectivity index (χ1) is 8.15. The zero-order valence-corrected chi connectivity index (χ0v) is 11.7. The van der Waals surface area contributed by atoms with Gasteiger partial charge in [0.05, 0.1) is 12.7 Å². The molecule has 1 N–H and O–H groups in total. The molecular weight excluding hydrogens is 210 g/mol. The van der Waals surface area contributed by atoms with Gasteiger partial charge in [-0.2, -0.15) is 0 Å². The van der Waals surface area contributed by atoms with Gasteiger partial charge in [-0.05, 0) is 49.9 Å². The van der Waals surface area contributed by atoms with Gasteiger partial charge in [0.1, 0.15) is 0 Å².